The van der Waals surface area contributed by atoms with Crippen LogP contribution in [0.1, 0.15) is 10.5 Å². The summed E-state index contributed by atoms with van der Waals surface area (Å²) in [5.41, 5.74) is -0.107. The number of fused-ring (bicyclic) bond motifs is 1. The van der Waals surface area contributed by atoms with Crippen molar-refractivity contribution in [2.24, 2.45) is 0 Å². The standard InChI is InChI=1S/C10H5BrClNO3/c11-6-2-4(12)1-5-8(14)3-7(10(15)16)13-9(5)6/h1-3H,(H,13,14)(H,15,16). The lowest BCUT2D eigenvalue weighted by atomic mass is 10.2. The van der Waals surface area contributed by atoms with Crippen molar-refractivity contribution in [3.63, 3.8) is 0 Å². The zero-order valence-corrected chi connectivity index (χ0v) is 10.1. The molecule has 0 unspecified atom stereocenters. The van der Waals surface area contributed by atoms with Crippen LogP contribution in [-0.2, 0) is 0 Å². The minimum absolute atomic E-state index is 0.152. The fourth-order valence-electron chi connectivity index (χ4n) is 1.39. The topological polar surface area (TPSA) is 70.2 Å². The van der Waals surface area contributed by atoms with Crippen LogP contribution >= 0.6 is 27.5 Å². The van der Waals surface area contributed by atoms with E-state index in [-0.39, 0.29) is 11.1 Å². The largest absolute Gasteiger partial charge is 0.477 e. The lowest BCUT2D eigenvalue weighted by Crippen LogP contribution is -2.09. The Bertz CT molecular complexity index is 650. The van der Waals surface area contributed by atoms with E-state index >= 15 is 0 Å². The number of pyridine rings is 1. The van der Waals surface area contributed by atoms with E-state index in [4.69, 9.17) is 16.7 Å². The normalized spacial score (nSPS) is 10.6. The van der Waals surface area contributed by atoms with Gasteiger partial charge in [0.1, 0.15) is 5.69 Å². The minimum Gasteiger partial charge on any atom is -0.477 e. The molecule has 0 spiro atoms. The van der Waals surface area contributed by atoms with Gasteiger partial charge in [-0.05, 0) is 28.1 Å². The van der Waals surface area contributed by atoms with E-state index in [1.54, 1.807) is 6.07 Å². The first kappa shape index (κ1) is 11.2. The Kier molecular flexibility index (Phi) is 2.73. The van der Waals surface area contributed by atoms with Crippen molar-refractivity contribution in [1.82, 2.24) is 4.98 Å². The number of H-pyrrole nitrogens is 1. The Labute approximate surface area is 103 Å². The van der Waals surface area contributed by atoms with Gasteiger partial charge in [-0.15, -0.1) is 0 Å². The van der Waals surface area contributed by atoms with E-state index < -0.39 is 5.97 Å². The van der Waals surface area contributed by atoms with Crippen molar-refractivity contribution in [3.8, 4) is 0 Å². The first-order chi connectivity index (χ1) is 7.49. The van der Waals surface area contributed by atoms with Crippen molar-refractivity contribution in [3.05, 3.63) is 43.6 Å². The molecular weight excluding hydrogens is 297 g/mol. The number of halogens is 2. The molecule has 1 heterocycles. The van der Waals surface area contributed by atoms with Crippen molar-refractivity contribution >= 4 is 44.4 Å². The molecule has 0 aliphatic rings. The molecule has 0 aliphatic heterocycles. The highest BCUT2D eigenvalue weighted by Crippen LogP contribution is 2.25. The average molecular weight is 303 g/mol. The second-order valence-electron chi connectivity index (χ2n) is 3.16. The monoisotopic (exact) mass is 301 g/mol. The second kappa shape index (κ2) is 3.92. The van der Waals surface area contributed by atoms with Crippen LogP contribution in [-0.4, -0.2) is 16.1 Å². The van der Waals surface area contributed by atoms with Crippen molar-refractivity contribution < 1.29 is 9.90 Å². The Balaban J connectivity index is 2.93. The summed E-state index contributed by atoms with van der Waals surface area (Å²) in [6, 6.07) is 4.12. The summed E-state index contributed by atoms with van der Waals surface area (Å²) in [7, 11) is 0. The number of benzene rings is 1. The van der Waals surface area contributed by atoms with Crippen molar-refractivity contribution in [2.75, 3.05) is 0 Å². The summed E-state index contributed by atoms with van der Waals surface area (Å²) in [5, 5.41) is 9.56. The molecule has 2 aromatic rings. The third-order valence-corrected chi connectivity index (χ3v) is 2.93. The average Bonchev–Trinajstić information content (AvgIpc) is 2.19. The van der Waals surface area contributed by atoms with E-state index in [1.165, 1.54) is 6.07 Å². The van der Waals surface area contributed by atoms with Gasteiger partial charge in [0, 0.05) is 20.9 Å². The molecule has 0 bridgehead atoms. The molecule has 0 aliphatic carbocycles. The Morgan fingerprint density at radius 3 is 2.69 bits per heavy atom. The van der Waals surface area contributed by atoms with Crippen LogP contribution in [0.5, 0.6) is 0 Å². The first-order valence-electron chi connectivity index (χ1n) is 4.24. The molecule has 0 saturated heterocycles. The number of hydrogen-bond donors (Lipinski definition) is 2. The molecule has 0 fully saturated rings. The Hall–Kier alpha value is -1.33. The molecule has 1 aromatic heterocycles. The van der Waals surface area contributed by atoms with Gasteiger partial charge in [-0.1, -0.05) is 11.6 Å². The summed E-state index contributed by atoms with van der Waals surface area (Å²) in [6.07, 6.45) is 0. The summed E-state index contributed by atoms with van der Waals surface area (Å²) in [4.78, 5) is 25.1. The van der Waals surface area contributed by atoms with Gasteiger partial charge in [0.25, 0.3) is 0 Å². The smallest absolute Gasteiger partial charge is 0.352 e. The number of nitrogens with one attached hydrogen (secondary N) is 1. The first-order valence-corrected chi connectivity index (χ1v) is 5.41. The Morgan fingerprint density at radius 2 is 2.06 bits per heavy atom. The predicted molar refractivity (Wildman–Crippen MR) is 64.2 cm³/mol. The zero-order chi connectivity index (χ0) is 11.9. The minimum atomic E-state index is -1.18. The van der Waals surface area contributed by atoms with Gasteiger partial charge in [-0.3, -0.25) is 4.79 Å². The third kappa shape index (κ3) is 1.83. The van der Waals surface area contributed by atoms with Gasteiger partial charge in [-0.25, -0.2) is 4.79 Å². The molecule has 0 saturated carbocycles. The van der Waals surface area contributed by atoms with Gasteiger partial charge in [0.05, 0.1) is 5.52 Å². The van der Waals surface area contributed by atoms with Crippen LogP contribution in [0.4, 0.5) is 0 Å². The number of carboxylic acid groups (broad SMARTS) is 1. The lowest BCUT2D eigenvalue weighted by Gasteiger charge is -2.03. The van der Waals surface area contributed by atoms with E-state index in [0.717, 1.165) is 6.07 Å². The fraction of sp³-hybridized carbons (Fsp3) is 0. The number of carboxylic acids is 1. The maximum absolute atomic E-state index is 11.6. The highest BCUT2D eigenvalue weighted by molar-refractivity contribution is 9.10. The van der Waals surface area contributed by atoms with Crippen LogP contribution in [0.25, 0.3) is 10.9 Å². The SMILES string of the molecule is O=C(O)c1cc(=O)c2cc(Cl)cc(Br)c2[nH]1. The maximum atomic E-state index is 11.6. The summed E-state index contributed by atoms with van der Waals surface area (Å²) >= 11 is 9.02. The van der Waals surface area contributed by atoms with E-state index in [1.807, 2.05) is 0 Å². The van der Waals surface area contributed by atoms with Crippen LogP contribution in [0.15, 0.2) is 27.5 Å². The van der Waals surface area contributed by atoms with Gasteiger partial charge < -0.3 is 10.1 Å². The van der Waals surface area contributed by atoms with Gasteiger partial charge in [-0.2, -0.15) is 0 Å². The molecule has 4 nitrogen and oxygen atoms in total. The molecule has 16 heavy (non-hydrogen) atoms. The van der Waals surface area contributed by atoms with E-state index in [0.29, 0.717) is 20.4 Å². The number of aromatic amines is 1. The number of rotatable bonds is 1. The molecule has 82 valence electrons. The number of aromatic nitrogens is 1. The summed E-state index contributed by atoms with van der Waals surface area (Å²) in [6.45, 7) is 0. The quantitative estimate of drug-likeness (QED) is 0.851. The van der Waals surface area contributed by atoms with Crippen molar-refractivity contribution in [1.29, 1.82) is 0 Å². The van der Waals surface area contributed by atoms with Crippen molar-refractivity contribution in [2.45, 2.75) is 0 Å². The molecule has 0 atom stereocenters. The fourth-order valence-corrected chi connectivity index (χ4v) is 2.30. The Morgan fingerprint density at radius 1 is 1.38 bits per heavy atom. The molecule has 0 radical (unpaired) electrons. The number of carbonyl (C=O) groups is 1. The molecule has 6 heteroatoms. The van der Waals surface area contributed by atoms with Gasteiger partial charge in [0.2, 0.25) is 0 Å². The lowest BCUT2D eigenvalue weighted by molar-refractivity contribution is 0.0691. The molecule has 2 N–H and O–H groups in total. The predicted octanol–water partition coefficient (Wildman–Crippen LogP) is 2.64. The van der Waals surface area contributed by atoms with Crippen LogP contribution in [0.3, 0.4) is 0 Å². The molecule has 0 amide bonds. The zero-order valence-electron chi connectivity index (χ0n) is 7.75. The number of hydrogen-bond acceptors (Lipinski definition) is 2. The van der Waals surface area contributed by atoms with Gasteiger partial charge >= 0.3 is 5.97 Å². The summed E-state index contributed by atoms with van der Waals surface area (Å²) in [5.74, 6) is -1.18. The maximum Gasteiger partial charge on any atom is 0.352 e. The third-order valence-electron chi connectivity index (χ3n) is 2.09. The van der Waals surface area contributed by atoms with Gasteiger partial charge in [0.15, 0.2) is 5.43 Å². The molecule has 2 rings (SSSR count). The van der Waals surface area contributed by atoms with E-state index in [9.17, 15) is 9.59 Å². The highest BCUT2D eigenvalue weighted by atomic mass is 79.9. The van der Waals surface area contributed by atoms with Crippen LogP contribution < -0.4 is 5.43 Å². The van der Waals surface area contributed by atoms with Crippen LogP contribution in [0, 0.1) is 0 Å². The molecule has 1 aromatic carbocycles. The second-order valence-corrected chi connectivity index (χ2v) is 4.45. The summed E-state index contributed by atoms with van der Waals surface area (Å²) < 4.78 is 0.551. The number of aromatic carboxylic acids is 1. The van der Waals surface area contributed by atoms with Crippen LogP contribution in [0.2, 0.25) is 5.02 Å². The highest BCUT2D eigenvalue weighted by Gasteiger charge is 2.10. The molecular formula is C10H5BrClNO3. The van der Waals surface area contributed by atoms with E-state index in [2.05, 4.69) is 20.9 Å².